The monoisotopic (exact) mass is 183 g/mol. The summed E-state index contributed by atoms with van der Waals surface area (Å²) >= 11 is 0. The molecular weight excluding hydrogens is 158 g/mol. The maximum absolute atomic E-state index is 2.52. The van der Waals surface area contributed by atoms with Crippen LogP contribution in [0.3, 0.4) is 0 Å². The molecule has 0 N–H and O–H groups in total. The van der Waals surface area contributed by atoms with Gasteiger partial charge < -0.3 is 4.90 Å². The highest BCUT2D eigenvalue weighted by molar-refractivity contribution is 4.74. The van der Waals surface area contributed by atoms with Gasteiger partial charge in [-0.05, 0) is 51.6 Å². The van der Waals surface area contributed by atoms with E-state index in [1.165, 1.54) is 38.6 Å². The molecule has 0 aliphatic carbocycles. The van der Waals surface area contributed by atoms with E-state index in [0.29, 0.717) is 5.41 Å². The molecule has 1 heteroatoms. The van der Waals surface area contributed by atoms with Crippen LogP contribution in [0, 0.1) is 5.41 Å². The van der Waals surface area contributed by atoms with Crippen molar-refractivity contribution in [1.82, 2.24) is 4.90 Å². The molecule has 0 aromatic heterocycles. The Morgan fingerprint density at radius 3 is 2.46 bits per heavy atom. The molecular formula is C12H25N. The van der Waals surface area contributed by atoms with Crippen molar-refractivity contribution in [2.45, 2.75) is 58.9 Å². The molecule has 0 aromatic rings. The highest BCUT2D eigenvalue weighted by Crippen LogP contribution is 2.30. The van der Waals surface area contributed by atoms with Gasteiger partial charge in [-0.2, -0.15) is 0 Å². The zero-order valence-corrected chi connectivity index (χ0v) is 9.77. The summed E-state index contributed by atoms with van der Waals surface area (Å²) in [6, 6.07) is 0.786. The Morgan fingerprint density at radius 2 is 1.77 bits per heavy atom. The molecule has 0 radical (unpaired) electrons. The molecule has 0 saturated carbocycles. The maximum Gasteiger partial charge on any atom is 0.00638 e. The summed E-state index contributed by atoms with van der Waals surface area (Å²) in [4.78, 5) is 2.52. The summed E-state index contributed by atoms with van der Waals surface area (Å²) < 4.78 is 0. The lowest BCUT2D eigenvalue weighted by molar-refractivity contribution is 0.243. The zero-order valence-electron chi connectivity index (χ0n) is 9.77. The predicted octanol–water partition coefficient (Wildman–Crippen LogP) is 3.30. The van der Waals surface area contributed by atoms with Crippen molar-refractivity contribution < 1.29 is 0 Å². The Hall–Kier alpha value is -0.0400. The average molecular weight is 183 g/mol. The molecule has 1 heterocycles. The molecule has 0 aromatic carbocycles. The van der Waals surface area contributed by atoms with Crippen LogP contribution in [0.5, 0.6) is 0 Å². The first-order valence-electron chi connectivity index (χ1n) is 5.71. The molecule has 1 nitrogen and oxygen atoms in total. The van der Waals surface area contributed by atoms with Crippen LogP contribution in [0.25, 0.3) is 0 Å². The van der Waals surface area contributed by atoms with Crippen molar-refractivity contribution in [2.75, 3.05) is 13.6 Å². The van der Waals surface area contributed by atoms with Crippen LogP contribution in [-0.4, -0.2) is 24.5 Å². The van der Waals surface area contributed by atoms with Gasteiger partial charge in [0.2, 0.25) is 0 Å². The van der Waals surface area contributed by atoms with Crippen LogP contribution in [0.4, 0.5) is 0 Å². The average Bonchev–Trinajstić information content (AvgIpc) is 2.06. The SMILES string of the molecule is CC1CCCC(C)(C)CCCN1C. The van der Waals surface area contributed by atoms with Crippen molar-refractivity contribution in [3.8, 4) is 0 Å². The van der Waals surface area contributed by atoms with Crippen LogP contribution in [-0.2, 0) is 0 Å². The molecule has 78 valence electrons. The highest BCUT2D eigenvalue weighted by Gasteiger charge is 2.20. The van der Waals surface area contributed by atoms with Crippen LogP contribution >= 0.6 is 0 Å². The lowest BCUT2D eigenvalue weighted by atomic mass is 9.83. The molecule has 0 amide bonds. The lowest BCUT2D eigenvalue weighted by Gasteiger charge is -2.23. The summed E-state index contributed by atoms with van der Waals surface area (Å²) in [5, 5.41) is 0. The fourth-order valence-electron chi connectivity index (χ4n) is 2.25. The van der Waals surface area contributed by atoms with Crippen molar-refractivity contribution in [2.24, 2.45) is 5.41 Å². The maximum atomic E-state index is 2.52. The first-order valence-corrected chi connectivity index (χ1v) is 5.71. The highest BCUT2D eigenvalue weighted by atomic mass is 15.1. The summed E-state index contributed by atoms with van der Waals surface area (Å²) in [5.41, 5.74) is 0.588. The van der Waals surface area contributed by atoms with E-state index in [1.807, 2.05) is 0 Å². The van der Waals surface area contributed by atoms with E-state index in [-0.39, 0.29) is 0 Å². The van der Waals surface area contributed by atoms with Crippen molar-refractivity contribution >= 4 is 0 Å². The Morgan fingerprint density at radius 1 is 1.15 bits per heavy atom. The third-order valence-electron chi connectivity index (χ3n) is 3.59. The Bertz CT molecular complexity index is 135. The Kier molecular flexibility index (Phi) is 3.78. The zero-order chi connectivity index (χ0) is 9.90. The molecule has 0 bridgehead atoms. The van der Waals surface area contributed by atoms with Crippen molar-refractivity contribution in [3.05, 3.63) is 0 Å². The second-order valence-corrected chi connectivity index (χ2v) is 5.49. The van der Waals surface area contributed by atoms with Gasteiger partial charge in [0, 0.05) is 6.04 Å². The fourth-order valence-corrected chi connectivity index (χ4v) is 2.25. The van der Waals surface area contributed by atoms with E-state index in [9.17, 15) is 0 Å². The minimum Gasteiger partial charge on any atom is -0.304 e. The van der Waals surface area contributed by atoms with E-state index in [2.05, 4.69) is 32.7 Å². The number of nitrogens with zero attached hydrogens (tertiary/aromatic N) is 1. The van der Waals surface area contributed by atoms with Gasteiger partial charge in [0.1, 0.15) is 0 Å². The first kappa shape index (κ1) is 11.0. The van der Waals surface area contributed by atoms with Gasteiger partial charge in [0.25, 0.3) is 0 Å². The second kappa shape index (κ2) is 4.45. The molecule has 13 heavy (non-hydrogen) atoms. The fraction of sp³-hybridized carbons (Fsp3) is 1.00. The van der Waals surface area contributed by atoms with Gasteiger partial charge in [0.05, 0.1) is 0 Å². The quantitative estimate of drug-likeness (QED) is 0.557. The summed E-state index contributed by atoms with van der Waals surface area (Å²) in [5.74, 6) is 0. The van der Waals surface area contributed by atoms with Crippen LogP contribution in [0.15, 0.2) is 0 Å². The van der Waals surface area contributed by atoms with Gasteiger partial charge >= 0.3 is 0 Å². The van der Waals surface area contributed by atoms with Crippen LogP contribution < -0.4 is 0 Å². The predicted molar refractivity (Wildman–Crippen MR) is 59.0 cm³/mol. The summed E-state index contributed by atoms with van der Waals surface area (Å²) in [7, 11) is 2.27. The summed E-state index contributed by atoms with van der Waals surface area (Å²) in [6.45, 7) is 8.48. The lowest BCUT2D eigenvalue weighted by Crippen LogP contribution is -2.29. The number of hydrogen-bond donors (Lipinski definition) is 0. The van der Waals surface area contributed by atoms with E-state index in [0.717, 1.165) is 6.04 Å². The topological polar surface area (TPSA) is 3.24 Å². The van der Waals surface area contributed by atoms with Gasteiger partial charge in [-0.15, -0.1) is 0 Å². The number of hydrogen-bond acceptors (Lipinski definition) is 1. The van der Waals surface area contributed by atoms with Crippen molar-refractivity contribution in [3.63, 3.8) is 0 Å². The van der Waals surface area contributed by atoms with Gasteiger partial charge in [-0.25, -0.2) is 0 Å². The molecule has 1 atom stereocenters. The minimum atomic E-state index is 0.588. The molecule has 1 fully saturated rings. The van der Waals surface area contributed by atoms with Gasteiger partial charge in [-0.1, -0.05) is 20.3 Å². The molecule has 1 saturated heterocycles. The normalized spacial score (nSPS) is 31.8. The Labute approximate surface area is 83.5 Å². The smallest absolute Gasteiger partial charge is 0.00638 e. The molecule has 1 aliphatic heterocycles. The second-order valence-electron chi connectivity index (χ2n) is 5.49. The molecule has 1 aliphatic rings. The van der Waals surface area contributed by atoms with Gasteiger partial charge in [-0.3, -0.25) is 0 Å². The van der Waals surface area contributed by atoms with Crippen LogP contribution in [0.2, 0.25) is 0 Å². The van der Waals surface area contributed by atoms with E-state index >= 15 is 0 Å². The van der Waals surface area contributed by atoms with E-state index < -0.39 is 0 Å². The minimum absolute atomic E-state index is 0.588. The third kappa shape index (κ3) is 3.68. The largest absolute Gasteiger partial charge is 0.304 e. The molecule has 0 spiro atoms. The molecule has 1 unspecified atom stereocenters. The van der Waals surface area contributed by atoms with Crippen molar-refractivity contribution in [1.29, 1.82) is 0 Å². The molecule has 1 rings (SSSR count). The Balaban J connectivity index is 2.47. The van der Waals surface area contributed by atoms with Gasteiger partial charge in [0.15, 0.2) is 0 Å². The standard InChI is InChI=1S/C12H25N/c1-11-7-5-8-12(2,3)9-6-10-13(11)4/h11H,5-10H2,1-4H3. The first-order chi connectivity index (χ1) is 6.01. The van der Waals surface area contributed by atoms with E-state index in [4.69, 9.17) is 0 Å². The third-order valence-corrected chi connectivity index (χ3v) is 3.59. The van der Waals surface area contributed by atoms with E-state index in [1.54, 1.807) is 0 Å². The summed E-state index contributed by atoms with van der Waals surface area (Å²) in [6.07, 6.45) is 6.95. The number of rotatable bonds is 0. The van der Waals surface area contributed by atoms with Crippen LogP contribution in [0.1, 0.15) is 52.9 Å².